The average molecular weight is 436 g/mol. The summed E-state index contributed by atoms with van der Waals surface area (Å²) < 4.78 is 15.1. The van der Waals surface area contributed by atoms with Crippen LogP contribution in [0.5, 0.6) is 0 Å². The molecule has 2 aromatic carbocycles. The van der Waals surface area contributed by atoms with Crippen molar-refractivity contribution >= 4 is 48.5 Å². The third-order valence-electron chi connectivity index (χ3n) is 3.87. The molecule has 1 aromatic heterocycles. The minimum atomic E-state index is -0.301. The van der Waals surface area contributed by atoms with Crippen LogP contribution in [0.2, 0.25) is 0 Å². The lowest BCUT2D eigenvalue weighted by Gasteiger charge is -2.21. The van der Waals surface area contributed by atoms with Gasteiger partial charge in [0, 0.05) is 16.6 Å². The molecule has 3 rings (SSSR count). The zero-order valence-electron chi connectivity index (χ0n) is 14.6. The number of amides is 1. The predicted octanol–water partition coefficient (Wildman–Crippen LogP) is 4.80. The van der Waals surface area contributed by atoms with Gasteiger partial charge in [0.15, 0.2) is 5.13 Å². The number of benzene rings is 2. The van der Waals surface area contributed by atoms with Crippen molar-refractivity contribution in [1.82, 2.24) is 9.88 Å². The van der Waals surface area contributed by atoms with Crippen molar-refractivity contribution < 1.29 is 9.18 Å². The Morgan fingerprint density at radius 2 is 2.00 bits per heavy atom. The molecule has 0 aliphatic heterocycles. The number of rotatable bonds is 6. The summed E-state index contributed by atoms with van der Waals surface area (Å²) in [6.07, 6.45) is 0.816. The van der Waals surface area contributed by atoms with Crippen LogP contribution in [0.25, 0.3) is 10.2 Å². The molecule has 1 heterocycles. The zero-order chi connectivity index (χ0) is 18.7. The number of anilines is 1. The lowest BCUT2D eigenvalue weighted by Crippen LogP contribution is -2.33. The smallest absolute Gasteiger partial charge is 0.260 e. The number of hydrogen-bond donors (Lipinski definition) is 0. The molecule has 0 saturated heterocycles. The van der Waals surface area contributed by atoms with E-state index in [1.807, 2.05) is 26.2 Å². The Hall–Kier alpha value is -1.83. The molecule has 7 heteroatoms. The van der Waals surface area contributed by atoms with Crippen LogP contribution >= 0.6 is 27.3 Å². The Labute approximate surface area is 164 Å². The number of halogens is 2. The summed E-state index contributed by atoms with van der Waals surface area (Å²) in [5.74, 6) is -0.408. The fourth-order valence-electron chi connectivity index (χ4n) is 2.61. The number of hydrogen-bond acceptors (Lipinski definition) is 4. The van der Waals surface area contributed by atoms with Crippen molar-refractivity contribution in [3.8, 4) is 0 Å². The number of carbonyl (C=O) groups excluding carboxylic acids is 1. The number of nitrogens with zero attached hydrogens (tertiary/aromatic N) is 3. The maximum Gasteiger partial charge on any atom is 0.260 e. The molecule has 0 atom stereocenters. The van der Waals surface area contributed by atoms with E-state index < -0.39 is 0 Å². The summed E-state index contributed by atoms with van der Waals surface area (Å²) in [5.41, 5.74) is 1.29. The average Bonchev–Trinajstić information content (AvgIpc) is 3.00. The Balaban J connectivity index is 1.94. The molecule has 0 spiro atoms. The van der Waals surface area contributed by atoms with Gasteiger partial charge in [-0.2, -0.15) is 0 Å². The van der Waals surface area contributed by atoms with Crippen LogP contribution in [0.1, 0.15) is 16.8 Å². The lowest BCUT2D eigenvalue weighted by atomic mass is 10.2. The first kappa shape index (κ1) is 18.9. The number of thiazole rings is 1. The van der Waals surface area contributed by atoms with Crippen molar-refractivity contribution in [2.75, 3.05) is 32.1 Å². The second-order valence-electron chi connectivity index (χ2n) is 6.23. The first-order valence-corrected chi connectivity index (χ1v) is 9.83. The fourth-order valence-corrected chi connectivity index (χ4v) is 4.02. The third kappa shape index (κ3) is 4.47. The van der Waals surface area contributed by atoms with Gasteiger partial charge < -0.3 is 4.90 Å². The van der Waals surface area contributed by atoms with E-state index in [0.29, 0.717) is 22.8 Å². The fraction of sp³-hybridized carbons (Fsp3) is 0.263. The Bertz CT molecular complexity index is 928. The molecule has 0 radical (unpaired) electrons. The minimum Gasteiger partial charge on any atom is -0.309 e. The van der Waals surface area contributed by atoms with Crippen LogP contribution in [0.4, 0.5) is 9.52 Å². The highest BCUT2D eigenvalue weighted by molar-refractivity contribution is 9.10. The number of aromatic nitrogens is 1. The standard InChI is InChI=1S/C19H19BrFN3OS/c1-23(2)9-4-10-24(18(25)13-5-3-6-14(20)11-13)19-22-16-8-7-15(21)12-17(16)26-19/h3,5-8,11-12H,4,9-10H2,1-2H3. The van der Waals surface area contributed by atoms with Gasteiger partial charge in [0.25, 0.3) is 5.91 Å². The molecule has 136 valence electrons. The Morgan fingerprint density at radius 3 is 2.73 bits per heavy atom. The molecular weight excluding hydrogens is 417 g/mol. The van der Waals surface area contributed by atoms with E-state index in [1.165, 1.54) is 23.5 Å². The van der Waals surface area contributed by atoms with Crippen LogP contribution in [0.15, 0.2) is 46.9 Å². The van der Waals surface area contributed by atoms with Gasteiger partial charge in [0.05, 0.1) is 10.2 Å². The monoisotopic (exact) mass is 435 g/mol. The third-order valence-corrected chi connectivity index (χ3v) is 5.41. The summed E-state index contributed by atoms with van der Waals surface area (Å²) in [4.78, 5) is 21.4. The summed E-state index contributed by atoms with van der Waals surface area (Å²) in [6, 6.07) is 11.8. The lowest BCUT2D eigenvalue weighted by molar-refractivity contribution is 0.0986. The van der Waals surface area contributed by atoms with Crippen molar-refractivity contribution in [2.45, 2.75) is 6.42 Å². The van der Waals surface area contributed by atoms with Crippen LogP contribution in [-0.4, -0.2) is 43.0 Å². The largest absolute Gasteiger partial charge is 0.309 e. The van der Waals surface area contributed by atoms with Gasteiger partial charge >= 0.3 is 0 Å². The van der Waals surface area contributed by atoms with E-state index in [2.05, 4.69) is 25.8 Å². The molecule has 0 N–H and O–H groups in total. The molecule has 0 bridgehead atoms. The second-order valence-corrected chi connectivity index (χ2v) is 8.16. The maximum atomic E-state index is 13.5. The molecule has 0 saturated carbocycles. The molecular formula is C19H19BrFN3OS. The van der Waals surface area contributed by atoms with Crippen LogP contribution in [0.3, 0.4) is 0 Å². The van der Waals surface area contributed by atoms with Crippen LogP contribution in [0, 0.1) is 5.82 Å². The van der Waals surface area contributed by atoms with E-state index in [9.17, 15) is 9.18 Å². The van der Waals surface area contributed by atoms with Gasteiger partial charge in [-0.25, -0.2) is 9.37 Å². The molecule has 0 aliphatic rings. The molecule has 1 amide bonds. The second kappa shape index (κ2) is 8.24. The molecule has 26 heavy (non-hydrogen) atoms. The van der Waals surface area contributed by atoms with Crippen molar-refractivity contribution in [2.24, 2.45) is 0 Å². The first-order chi connectivity index (χ1) is 12.4. The highest BCUT2D eigenvalue weighted by Gasteiger charge is 2.21. The number of carbonyl (C=O) groups is 1. The van der Waals surface area contributed by atoms with Gasteiger partial charge in [0.1, 0.15) is 5.82 Å². The number of fused-ring (bicyclic) bond motifs is 1. The van der Waals surface area contributed by atoms with Gasteiger partial charge in [0.2, 0.25) is 0 Å². The van der Waals surface area contributed by atoms with Crippen molar-refractivity contribution in [3.05, 3.63) is 58.3 Å². The molecule has 0 aliphatic carbocycles. The molecule has 0 fully saturated rings. The molecule has 3 aromatic rings. The Morgan fingerprint density at radius 1 is 1.19 bits per heavy atom. The summed E-state index contributed by atoms with van der Waals surface area (Å²) >= 11 is 4.75. The van der Waals surface area contributed by atoms with E-state index >= 15 is 0 Å². The first-order valence-electron chi connectivity index (χ1n) is 8.22. The summed E-state index contributed by atoms with van der Waals surface area (Å²) in [6.45, 7) is 1.41. The molecule has 0 unspecified atom stereocenters. The maximum absolute atomic E-state index is 13.5. The van der Waals surface area contributed by atoms with E-state index in [1.54, 1.807) is 23.1 Å². The van der Waals surface area contributed by atoms with Crippen LogP contribution < -0.4 is 4.90 Å². The predicted molar refractivity (Wildman–Crippen MR) is 109 cm³/mol. The van der Waals surface area contributed by atoms with Gasteiger partial charge in [-0.15, -0.1) is 0 Å². The highest BCUT2D eigenvalue weighted by atomic mass is 79.9. The minimum absolute atomic E-state index is 0.107. The SMILES string of the molecule is CN(C)CCCN(C(=O)c1cccc(Br)c1)c1nc2ccc(F)cc2s1. The van der Waals surface area contributed by atoms with E-state index in [4.69, 9.17) is 0 Å². The quantitative estimate of drug-likeness (QED) is 0.557. The summed E-state index contributed by atoms with van der Waals surface area (Å²) in [7, 11) is 4.00. The van der Waals surface area contributed by atoms with Gasteiger partial charge in [-0.1, -0.05) is 33.3 Å². The zero-order valence-corrected chi connectivity index (χ0v) is 17.0. The van der Waals surface area contributed by atoms with Crippen LogP contribution in [-0.2, 0) is 0 Å². The van der Waals surface area contributed by atoms with Gasteiger partial charge in [-0.05, 0) is 63.5 Å². The van der Waals surface area contributed by atoms with Gasteiger partial charge in [-0.3, -0.25) is 9.69 Å². The Kier molecular flexibility index (Phi) is 6.01. The molecule has 4 nitrogen and oxygen atoms in total. The van der Waals surface area contributed by atoms with Crippen molar-refractivity contribution in [3.63, 3.8) is 0 Å². The summed E-state index contributed by atoms with van der Waals surface area (Å²) in [5, 5.41) is 0.592. The highest BCUT2D eigenvalue weighted by Crippen LogP contribution is 2.30. The van der Waals surface area contributed by atoms with E-state index in [-0.39, 0.29) is 11.7 Å². The van der Waals surface area contributed by atoms with E-state index in [0.717, 1.165) is 22.1 Å². The normalized spacial score (nSPS) is 11.3. The van der Waals surface area contributed by atoms with Crippen molar-refractivity contribution in [1.29, 1.82) is 0 Å². The topological polar surface area (TPSA) is 36.4 Å².